The Hall–Kier alpha value is -0.570. The Morgan fingerprint density at radius 1 is 1.15 bits per heavy atom. The number of nitrogens with zero attached hydrogens (tertiary/aromatic N) is 1. The number of hydrogen-bond donors (Lipinski definition) is 0. The van der Waals surface area contributed by atoms with Crippen LogP contribution in [-0.2, 0) is 9.53 Å². The average Bonchev–Trinajstić information content (AvgIpc) is 2.87. The van der Waals surface area contributed by atoms with Crippen molar-refractivity contribution in [3.05, 3.63) is 0 Å². The molecule has 1 aliphatic heterocycles. The van der Waals surface area contributed by atoms with Crippen molar-refractivity contribution in [2.24, 2.45) is 34.5 Å². The van der Waals surface area contributed by atoms with Gasteiger partial charge in [-0.25, -0.2) is 0 Å². The summed E-state index contributed by atoms with van der Waals surface area (Å²) < 4.78 is 6.38. The smallest absolute Gasteiger partial charge is 0.222 e. The van der Waals surface area contributed by atoms with Gasteiger partial charge in [0, 0.05) is 26.1 Å². The van der Waals surface area contributed by atoms with Crippen LogP contribution in [-0.4, -0.2) is 36.6 Å². The van der Waals surface area contributed by atoms with Crippen molar-refractivity contribution >= 4 is 5.91 Å². The number of ether oxygens (including phenoxy) is 1. The van der Waals surface area contributed by atoms with E-state index in [1.165, 1.54) is 32.1 Å². The largest absolute Gasteiger partial charge is 0.378 e. The minimum Gasteiger partial charge on any atom is -0.378 e. The predicted octanol–water partition coefficient (Wildman–Crippen LogP) is 4.89. The second-order valence-electron chi connectivity index (χ2n) is 10.5. The number of piperidine rings is 1. The van der Waals surface area contributed by atoms with Gasteiger partial charge in [-0.1, -0.05) is 27.7 Å². The molecule has 3 unspecified atom stereocenters. The van der Waals surface area contributed by atoms with Gasteiger partial charge in [0.2, 0.25) is 5.91 Å². The summed E-state index contributed by atoms with van der Waals surface area (Å²) in [5.41, 5.74) is 0.699. The zero-order chi connectivity index (χ0) is 18.7. The van der Waals surface area contributed by atoms with Crippen LogP contribution in [0.2, 0.25) is 0 Å². The summed E-state index contributed by atoms with van der Waals surface area (Å²) in [6.45, 7) is 10.7. The van der Waals surface area contributed by atoms with Gasteiger partial charge in [-0.2, -0.15) is 0 Å². The highest BCUT2D eigenvalue weighted by molar-refractivity contribution is 5.77. The minimum atomic E-state index is 0.328. The van der Waals surface area contributed by atoms with Gasteiger partial charge in [-0.3, -0.25) is 4.79 Å². The van der Waals surface area contributed by atoms with Crippen molar-refractivity contribution in [3.8, 4) is 0 Å². The lowest BCUT2D eigenvalue weighted by Crippen LogP contribution is -2.61. The van der Waals surface area contributed by atoms with E-state index in [2.05, 4.69) is 39.6 Å². The van der Waals surface area contributed by atoms with Gasteiger partial charge in [-0.05, 0) is 79.4 Å². The molecule has 4 fully saturated rings. The molecule has 0 bridgehead atoms. The first-order valence-electron chi connectivity index (χ1n) is 11.2. The molecule has 0 N–H and O–H groups in total. The summed E-state index contributed by atoms with van der Waals surface area (Å²) in [5.74, 6) is 3.58. The zero-order valence-electron chi connectivity index (χ0n) is 17.6. The number of likely N-dealkylation sites (tertiary alicyclic amines) is 1. The van der Waals surface area contributed by atoms with Crippen LogP contribution in [0.5, 0.6) is 0 Å². The summed E-state index contributed by atoms with van der Waals surface area (Å²) in [6.07, 6.45) is 9.88. The van der Waals surface area contributed by atoms with Crippen molar-refractivity contribution in [3.63, 3.8) is 0 Å². The lowest BCUT2D eigenvalue weighted by Gasteiger charge is -2.62. The van der Waals surface area contributed by atoms with Crippen molar-refractivity contribution < 1.29 is 9.53 Å². The van der Waals surface area contributed by atoms with E-state index < -0.39 is 0 Å². The van der Waals surface area contributed by atoms with Crippen LogP contribution in [0.25, 0.3) is 0 Å². The highest BCUT2D eigenvalue weighted by Crippen LogP contribution is 2.66. The molecule has 26 heavy (non-hydrogen) atoms. The molecule has 3 aliphatic carbocycles. The molecule has 3 nitrogen and oxygen atoms in total. The first-order valence-corrected chi connectivity index (χ1v) is 11.2. The highest BCUT2D eigenvalue weighted by Gasteiger charge is 2.63. The van der Waals surface area contributed by atoms with E-state index in [4.69, 9.17) is 4.74 Å². The molecular formula is C23H39NO2. The second-order valence-corrected chi connectivity index (χ2v) is 10.5. The number of carbonyl (C=O) groups excluding carboxylic acids is 1. The van der Waals surface area contributed by atoms with Crippen molar-refractivity contribution in [1.82, 2.24) is 4.90 Å². The van der Waals surface area contributed by atoms with E-state index in [1.807, 2.05) is 0 Å². The topological polar surface area (TPSA) is 29.5 Å². The SMILES string of the molecule is CCCOC1CC(C)[C@H]2[C@@H]3CCC4N(C)C(=O)CC[C@]4(C)[C@@H]3CC[C@]12C. The Balaban J connectivity index is 1.61. The quantitative estimate of drug-likeness (QED) is 0.716. The Morgan fingerprint density at radius 3 is 2.65 bits per heavy atom. The maximum absolute atomic E-state index is 12.3. The van der Waals surface area contributed by atoms with Crippen LogP contribution in [0.3, 0.4) is 0 Å². The molecule has 4 aliphatic rings. The fraction of sp³-hybridized carbons (Fsp3) is 0.957. The van der Waals surface area contributed by atoms with E-state index in [1.54, 1.807) is 0 Å². The van der Waals surface area contributed by atoms with Gasteiger partial charge in [-0.15, -0.1) is 0 Å². The molecule has 8 atom stereocenters. The standard InChI is InChI=1S/C23H39NO2/c1-6-13-26-19-14-15(2)21-16-7-8-18-22(3,12-10-20(25)24(18)5)17(16)9-11-23(19,21)4/h15-19,21H,6-14H2,1-5H3/t15?,16-,17-,18?,19?,21+,22-,23-/m1/s1. The molecule has 1 heterocycles. The van der Waals surface area contributed by atoms with Crippen molar-refractivity contribution in [2.45, 2.75) is 91.2 Å². The maximum atomic E-state index is 12.3. The fourth-order valence-electron chi connectivity index (χ4n) is 8.15. The number of fused-ring (bicyclic) bond motifs is 5. The first-order chi connectivity index (χ1) is 12.3. The number of hydrogen-bond acceptors (Lipinski definition) is 2. The maximum Gasteiger partial charge on any atom is 0.222 e. The van der Waals surface area contributed by atoms with Gasteiger partial charge < -0.3 is 9.64 Å². The molecule has 0 spiro atoms. The monoisotopic (exact) mass is 361 g/mol. The Labute approximate surface area is 160 Å². The number of rotatable bonds is 3. The molecular weight excluding hydrogens is 322 g/mol. The van der Waals surface area contributed by atoms with Crippen LogP contribution in [0.1, 0.15) is 79.1 Å². The van der Waals surface area contributed by atoms with Gasteiger partial charge in [0.1, 0.15) is 0 Å². The summed E-state index contributed by atoms with van der Waals surface area (Å²) >= 11 is 0. The van der Waals surface area contributed by atoms with E-state index in [-0.39, 0.29) is 0 Å². The Bertz CT molecular complexity index is 562. The first kappa shape index (κ1) is 18.8. The Kier molecular flexibility index (Phi) is 4.69. The molecule has 1 saturated heterocycles. The molecule has 3 saturated carbocycles. The summed E-state index contributed by atoms with van der Waals surface area (Å²) in [4.78, 5) is 14.4. The normalized spacial score (nSPS) is 51.0. The van der Waals surface area contributed by atoms with Crippen molar-refractivity contribution in [2.75, 3.05) is 13.7 Å². The third kappa shape index (κ3) is 2.52. The van der Waals surface area contributed by atoms with E-state index in [9.17, 15) is 4.79 Å². The summed E-state index contributed by atoms with van der Waals surface area (Å²) in [7, 11) is 2.06. The van der Waals surface area contributed by atoms with Gasteiger partial charge in [0.25, 0.3) is 0 Å². The summed E-state index contributed by atoms with van der Waals surface area (Å²) in [6, 6.07) is 0.471. The lowest BCUT2D eigenvalue weighted by molar-refractivity contribution is -0.163. The second kappa shape index (κ2) is 6.50. The molecule has 3 heteroatoms. The van der Waals surface area contributed by atoms with Gasteiger partial charge in [0.05, 0.1) is 6.10 Å². The molecule has 148 valence electrons. The molecule has 0 radical (unpaired) electrons. The molecule has 0 aromatic rings. The minimum absolute atomic E-state index is 0.328. The molecule has 0 aromatic carbocycles. The predicted molar refractivity (Wildman–Crippen MR) is 105 cm³/mol. The highest BCUT2D eigenvalue weighted by atomic mass is 16.5. The van der Waals surface area contributed by atoms with Crippen LogP contribution in [0.4, 0.5) is 0 Å². The van der Waals surface area contributed by atoms with Crippen LogP contribution in [0, 0.1) is 34.5 Å². The van der Waals surface area contributed by atoms with Crippen LogP contribution >= 0.6 is 0 Å². The third-order valence-electron chi connectivity index (χ3n) is 9.31. The zero-order valence-corrected chi connectivity index (χ0v) is 17.6. The Morgan fingerprint density at radius 2 is 1.92 bits per heavy atom. The molecule has 4 rings (SSSR count). The van der Waals surface area contributed by atoms with Crippen LogP contribution < -0.4 is 0 Å². The molecule has 1 amide bonds. The van der Waals surface area contributed by atoms with E-state index in [0.29, 0.717) is 28.9 Å². The summed E-state index contributed by atoms with van der Waals surface area (Å²) in [5, 5.41) is 0. The number of carbonyl (C=O) groups is 1. The van der Waals surface area contributed by atoms with Gasteiger partial charge >= 0.3 is 0 Å². The third-order valence-corrected chi connectivity index (χ3v) is 9.31. The lowest BCUT2D eigenvalue weighted by atomic mass is 9.46. The van der Waals surface area contributed by atoms with E-state index in [0.717, 1.165) is 49.5 Å². The fourth-order valence-corrected chi connectivity index (χ4v) is 8.15. The molecule has 0 aromatic heterocycles. The van der Waals surface area contributed by atoms with E-state index >= 15 is 0 Å². The van der Waals surface area contributed by atoms with Crippen LogP contribution in [0.15, 0.2) is 0 Å². The van der Waals surface area contributed by atoms with Gasteiger partial charge in [0.15, 0.2) is 0 Å². The number of amides is 1. The average molecular weight is 362 g/mol. The van der Waals surface area contributed by atoms with Crippen molar-refractivity contribution in [1.29, 1.82) is 0 Å².